The molecule has 1 unspecified atom stereocenters. The zero-order valence-electron chi connectivity index (χ0n) is 7.78. The molecule has 1 aromatic rings. The molecule has 0 saturated carbocycles. The van der Waals surface area contributed by atoms with Crippen molar-refractivity contribution in [2.45, 2.75) is 6.10 Å². The molecule has 1 fully saturated rings. The Morgan fingerprint density at radius 3 is 2.64 bits per heavy atom. The van der Waals surface area contributed by atoms with Crippen molar-refractivity contribution in [3.8, 4) is 17.2 Å². The van der Waals surface area contributed by atoms with Crippen molar-refractivity contribution in [2.75, 3.05) is 20.5 Å². The summed E-state index contributed by atoms with van der Waals surface area (Å²) in [7, 11) is 1.64. The Balaban J connectivity index is 2.08. The van der Waals surface area contributed by atoms with E-state index in [4.69, 9.17) is 18.9 Å². The molecule has 0 amide bonds. The Morgan fingerprint density at radius 2 is 2.00 bits per heavy atom. The summed E-state index contributed by atoms with van der Waals surface area (Å²) in [6.45, 7) is 1.05. The second-order valence-corrected chi connectivity index (χ2v) is 3.27. The highest BCUT2D eigenvalue weighted by atomic mass is 16.7. The van der Waals surface area contributed by atoms with Gasteiger partial charge in [-0.25, -0.2) is 0 Å². The van der Waals surface area contributed by atoms with E-state index in [0.29, 0.717) is 0 Å². The van der Waals surface area contributed by atoms with E-state index < -0.39 is 0 Å². The van der Waals surface area contributed by atoms with E-state index in [-0.39, 0.29) is 12.9 Å². The van der Waals surface area contributed by atoms with Gasteiger partial charge in [-0.1, -0.05) is 0 Å². The number of hydrogen-bond acceptors (Lipinski definition) is 4. The van der Waals surface area contributed by atoms with E-state index in [9.17, 15) is 0 Å². The van der Waals surface area contributed by atoms with Gasteiger partial charge in [0.25, 0.3) is 0 Å². The summed E-state index contributed by atoms with van der Waals surface area (Å²) >= 11 is 0. The number of fused-ring (bicyclic) bond motifs is 1. The first-order valence-electron chi connectivity index (χ1n) is 4.47. The average molecular weight is 194 g/mol. The van der Waals surface area contributed by atoms with Gasteiger partial charge in [0.15, 0.2) is 11.5 Å². The molecule has 1 saturated heterocycles. The Hall–Kier alpha value is -1.42. The van der Waals surface area contributed by atoms with E-state index in [1.54, 1.807) is 7.11 Å². The predicted octanol–water partition coefficient (Wildman–Crippen LogP) is 1.50. The summed E-state index contributed by atoms with van der Waals surface area (Å²) in [4.78, 5) is 0. The summed E-state index contributed by atoms with van der Waals surface area (Å²) < 4.78 is 21.0. The first-order chi connectivity index (χ1) is 6.88. The number of ether oxygens (including phenoxy) is 4. The fourth-order valence-corrected chi connectivity index (χ4v) is 1.60. The van der Waals surface area contributed by atoms with E-state index in [0.717, 1.165) is 29.4 Å². The minimum atomic E-state index is 0.166. The summed E-state index contributed by atoms with van der Waals surface area (Å²) in [6.07, 6.45) is 0.166. The van der Waals surface area contributed by atoms with Gasteiger partial charge in [0.2, 0.25) is 6.79 Å². The van der Waals surface area contributed by atoms with Crippen molar-refractivity contribution in [3.63, 3.8) is 0 Å². The summed E-state index contributed by atoms with van der Waals surface area (Å²) in [5.41, 5.74) is 1.04. The van der Waals surface area contributed by atoms with Crippen LogP contribution in [0.15, 0.2) is 12.1 Å². The van der Waals surface area contributed by atoms with Crippen molar-refractivity contribution in [1.82, 2.24) is 0 Å². The van der Waals surface area contributed by atoms with Gasteiger partial charge in [0, 0.05) is 11.6 Å². The van der Waals surface area contributed by atoms with Gasteiger partial charge in [0.05, 0.1) is 13.7 Å². The Morgan fingerprint density at radius 1 is 1.29 bits per heavy atom. The number of methoxy groups -OCH3 is 1. The maximum atomic E-state index is 5.28. The van der Waals surface area contributed by atoms with E-state index in [1.807, 2.05) is 12.1 Å². The second-order valence-electron chi connectivity index (χ2n) is 3.27. The lowest BCUT2D eigenvalue weighted by Crippen LogP contribution is -1.92. The predicted molar refractivity (Wildman–Crippen MR) is 47.8 cm³/mol. The van der Waals surface area contributed by atoms with Gasteiger partial charge in [-0.05, 0) is 6.07 Å². The monoisotopic (exact) mass is 194 g/mol. The molecule has 0 aromatic heterocycles. The van der Waals surface area contributed by atoms with Crippen LogP contribution in [0.4, 0.5) is 0 Å². The molecular formula is C10H10O4. The van der Waals surface area contributed by atoms with Crippen molar-refractivity contribution in [3.05, 3.63) is 17.7 Å². The standard InChI is InChI=1S/C10H10O4/c1-11-7-3-9-8(13-5-14-9)2-6(7)10-4-12-10/h2-3,10H,4-5H2,1H3. The topological polar surface area (TPSA) is 40.2 Å². The lowest BCUT2D eigenvalue weighted by molar-refractivity contribution is 0.174. The van der Waals surface area contributed by atoms with Crippen LogP contribution < -0.4 is 14.2 Å². The van der Waals surface area contributed by atoms with Crippen LogP contribution >= 0.6 is 0 Å². The van der Waals surface area contributed by atoms with Crippen LogP contribution in [0.5, 0.6) is 17.2 Å². The van der Waals surface area contributed by atoms with Crippen LogP contribution in [-0.2, 0) is 4.74 Å². The Labute approximate surface area is 81.3 Å². The highest BCUT2D eigenvalue weighted by Gasteiger charge is 2.30. The Bertz CT molecular complexity index is 371. The smallest absolute Gasteiger partial charge is 0.231 e. The number of benzene rings is 1. The lowest BCUT2D eigenvalue weighted by atomic mass is 10.1. The largest absolute Gasteiger partial charge is 0.496 e. The van der Waals surface area contributed by atoms with E-state index in [2.05, 4.69) is 0 Å². The Kier molecular flexibility index (Phi) is 1.58. The highest BCUT2D eigenvalue weighted by molar-refractivity contribution is 5.53. The maximum absolute atomic E-state index is 5.28. The van der Waals surface area contributed by atoms with Crippen LogP contribution in [0.1, 0.15) is 11.7 Å². The van der Waals surface area contributed by atoms with Crippen LogP contribution in [0.2, 0.25) is 0 Å². The molecular weight excluding hydrogens is 184 g/mol. The zero-order chi connectivity index (χ0) is 9.54. The van der Waals surface area contributed by atoms with Gasteiger partial charge in [0.1, 0.15) is 11.9 Å². The minimum absolute atomic E-state index is 0.166. The molecule has 0 radical (unpaired) electrons. The lowest BCUT2D eigenvalue weighted by Gasteiger charge is -2.07. The third kappa shape index (κ3) is 1.11. The zero-order valence-corrected chi connectivity index (χ0v) is 7.78. The van der Waals surface area contributed by atoms with Gasteiger partial charge in [-0.2, -0.15) is 0 Å². The number of epoxide rings is 1. The molecule has 0 bridgehead atoms. The molecule has 74 valence electrons. The van der Waals surface area contributed by atoms with Crippen molar-refractivity contribution >= 4 is 0 Å². The number of rotatable bonds is 2. The van der Waals surface area contributed by atoms with Gasteiger partial charge >= 0.3 is 0 Å². The fraction of sp³-hybridized carbons (Fsp3) is 0.400. The quantitative estimate of drug-likeness (QED) is 0.669. The third-order valence-electron chi connectivity index (χ3n) is 2.41. The van der Waals surface area contributed by atoms with Crippen molar-refractivity contribution in [2.24, 2.45) is 0 Å². The van der Waals surface area contributed by atoms with Crippen molar-refractivity contribution < 1.29 is 18.9 Å². The minimum Gasteiger partial charge on any atom is -0.496 e. The second kappa shape index (κ2) is 2.78. The van der Waals surface area contributed by atoms with Crippen LogP contribution in [0.25, 0.3) is 0 Å². The van der Waals surface area contributed by atoms with Crippen LogP contribution in [0.3, 0.4) is 0 Å². The maximum Gasteiger partial charge on any atom is 0.231 e. The fourth-order valence-electron chi connectivity index (χ4n) is 1.60. The van der Waals surface area contributed by atoms with Crippen LogP contribution in [-0.4, -0.2) is 20.5 Å². The van der Waals surface area contributed by atoms with Crippen LogP contribution in [0, 0.1) is 0 Å². The molecule has 1 atom stereocenters. The van der Waals surface area contributed by atoms with Crippen molar-refractivity contribution in [1.29, 1.82) is 0 Å². The molecule has 3 rings (SSSR count). The van der Waals surface area contributed by atoms with Gasteiger partial charge in [-0.15, -0.1) is 0 Å². The number of hydrogen-bond donors (Lipinski definition) is 0. The SMILES string of the molecule is COc1cc2c(cc1C1CO1)OCO2. The highest BCUT2D eigenvalue weighted by Crippen LogP contribution is 2.44. The summed E-state index contributed by atoms with van der Waals surface area (Å²) in [6, 6.07) is 3.78. The third-order valence-corrected chi connectivity index (χ3v) is 2.41. The average Bonchev–Trinajstić information content (AvgIpc) is 2.95. The molecule has 0 spiro atoms. The first-order valence-corrected chi connectivity index (χ1v) is 4.47. The van der Waals surface area contributed by atoms with Gasteiger partial charge in [-0.3, -0.25) is 0 Å². The molecule has 0 N–H and O–H groups in total. The molecule has 14 heavy (non-hydrogen) atoms. The molecule has 2 aliphatic heterocycles. The first kappa shape index (κ1) is 7.94. The van der Waals surface area contributed by atoms with E-state index in [1.165, 1.54) is 0 Å². The van der Waals surface area contributed by atoms with E-state index >= 15 is 0 Å². The molecule has 2 aliphatic rings. The normalized spacial score (nSPS) is 22.2. The molecule has 4 nitrogen and oxygen atoms in total. The van der Waals surface area contributed by atoms with Gasteiger partial charge < -0.3 is 18.9 Å². The molecule has 2 heterocycles. The summed E-state index contributed by atoms with van der Waals surface area (Å²) in [5.74, 6) is 2.32. The summed E-state index contributed by atoms with van der Waals surface area (Å²) in [5, 5.41) is 0. The molecule has 0 aliphatic carbocycles. The molecule has 1 aromatic carbocycles. The molecule has 4 heteroatoms.